The molecule has 2 amide bonds. The summed E-state index contributed by atoms with van der Waals surface area (Å²) in [6.07, 6.45) is 0. The molecule has 2 heterocycles. The van der Waals surface area contributed by atoms with E-state index in [0.29, 0.717) is 11.5 Å². The molecule has 2 saturated heterocycles. The maximum atomic E-state index is 12.9. The predicted octanol–water partition coefficient (Wildman–Crippen LogP) is 5.38. The van der Waals surface area contributed by atoms with Crippen molar-refractivity contribution < 1.29 is 9.59 Å². The van der Waals surface area contributed by atoms with E-state index in [-0.39, 0.29) is 22.6 Å². The fourth-order valence-electron chi connectivity index (χ4n) is 4.55. The van der Waals surface area contributed by atoms with Gasteiger partial charge in [-0.15, -0.1) is 23.5 Å². The highest BCUT2D eigenvalue weighted by atomic mass is 32.2. The van der Waals surface area contributed by atoms with E-state index in [1.165, 1.54) is 0 Å². The Kier molecular flexibility index (Phi) is 6.90. The van der Waals surface area contributed by atoms with E-state index >= 15 is 0 Å². The number of carbonyl (C=O) groups excluding carboxylic acids is 2. The van der Waals surface area contributed by atoms with Crippen LogP contribution in [0.3, 0.4) is 0 Å². The average molecular weight is 519 g/mol. The summed E-state index contributed by atoms with van der Waals surface area (Å²) in [5.74, 6) is 1.10. The highest BCUT2D eigenvalue weighted by molar-refractivity contribution is 8.01. The third-order valence-corrected chi connectivity index (χ3v) is 8.96. The van der Waals surface area contributed by atoms with Crippen LogP contribution in [0.5, 0.6) is 0 Å². The van der Waals surface area contributed by atoms with E-state index < -0.39 is 0 Å². The molecule has 0 N–H and O–H groups in total. The van der Waals surface area contributed by atoms with E-state index in [1.54, 1.807) is 23.5 Å². The smallest absolute Gasteiger partial charge is 0.238 e. The number of benzene rings is 3. The molecule has 0 aliphatic carbocycles. The molecule has 2 aliphatic heterocycles. The summed E-state index contributed by atoms with van der Waals surface area (Å²) < 4.78 is 0. The third-order valence-electron chi connectivity index (χ3n) is 6.53. The third kappa shape index (κ3) is 4.67. The summed E-state index contributed by atoms with van der Waals surface area (Å²) in [6.45, 7) is 0. The molecule has 0 saturated carbocycles. The fourth-order valence-corrected chi connectivity index (χ4v) is 6.90. The first-order valence-corrected chi connectivity index (χ1v) is 13.9. The molecule has 0 bridgehead atoms. The van der Waals surface area contributed by atoms with Crippen LogP contribution in [-0.2, 0) is 9.59 Å². The van der Waals surface area contributed by atoms with Crippen molar-refractivity contribution in [1.82, 2.24) is 0 Å². The van der Waals surface area contributed by atoms with Gasteiger partial charge in [-0.25, -0.2) is 0 Å². The Balaban J connectivity index is 1.39. The SMILES string of the molecule is CN(C)c1ccc(C2SCC(=O)N2c2ccc(N3C(=O)CSC3c3ccc(N(C)C)cc3)cc2)cc1. The standard InChI is InChI=1S/C28H30N4O2S2/c1-29(2)21-9-5-19(6-10-21)27-31(25(33)17-35-27)23-13-15-24(16-14-23)32-26(34)18-36-28(32)20-7-11-22(12-8-20)30(3)4/h5-16,27-28H,17-18H2,1-4H3. The van der Waals surface area contributed by atoms with Gasteiger partial charge in [0.15, 0.2) is 0 Å². The molecule has 8 heteroatoms. The Morgan fingerprint density at radius 1 is 0.583 bits per heavy atom. The van der Waals surface area contributed by atoms with Crippen molar-refractivity contribution in [3.63, 3.8) is 0 Å². The van der Waals surface area contributed by atoms with Crippen molar-refractivity contribution >= 4 is 58.1 Å². The second kappa shape index (κ2) is 10.1. The quantitative estimate of drug-likeness (QED) is 0.437. The maximum Gasteiger partial charge on any atom is 0.238 e. The Bertz CT molecular complexity index is 1150. The van der Waals surface area contributed by atoms with E-state index in [4.69, 9.17) is 0 Å². The number of carbonyl (C=O) groups is 2. The monoisotopic (exact) mass is 518 g/mol. The zero-order chi connectivity index (χ0) is 25.4. The topological polar surface area (TPSA) is 47.1 Å². The summed E-state index contributed by atoms with van der Waals surface area (Å²) in [5.41, 5.74) is 6.16. The van der Waals surface area contributed by atoms with Gasteiger partial charge in [-0.2, -0.15) is 0 Å². The van der Waals surface area contributed by atoms with Crippen molar-refractivity contribution in [3.05, 3.63) is 83.9 Å². The molecule has 0 spiro atoms. The van der Waals surface area contributed by atoms with Crippen molar-refractivity contribution in [2.45, 2.75) is 10.7 Å². The van der Waals surface area contributed by atoms with E-state index in [0.717, 1.165) is 33.9 Å². The number of thioether (sulfide) groups is 2. The van der Waals surface area contributed by atoms with Gasteiger partial charge in [-0.3, -0.25) is 19.4 Å². The van der Waals surface area contributed by atoms with E-state index in [1.807, 2.05) is 62.3 Å². The minimum Gasteiger partial charge on any atom is -0.378 e. The van der Waals surface area contributed by atoms with Gasteiger partial charge in [0, 0.05) is 50.9 Å². The molecular formula is C28H30N4O2S2. The van der Waals surface area contributed by atoms with Crippen molar-refractivity contribution in [3.8, 4) is 0 Å². The minimum absolute atomic E-state index is 0.0634. The van der Waals surface area contributed by atoms with Gasteiger partial charge in [0.25, 0.3) is 0 Å². The Morgan fingerprint density at radius 2 is 0.917 bits per heavy atom. The highest BCUT2D eigenvalue weighted by Gasteiger charge is 2.36. The van der Waals surface area contributed by atoms with Gasteiger partial charge in [0.2, 0.25) is 11.8 Å². The molecule has 3 aromatic rings. The zero-order valence-electron chi connectivity index (χ0n) is 20.9. The number of amides is 2. The lowest BCUT2D eigenvalue weighted by molar-refractivity contribution is -0.116. The van der Waals surface area contributed by atoms with Crippen molar-refractivity contribution in [2.24, 2.45) is 0 Å². The minimum atomic E-state index is -0.0634. The highest BCUT2D eigenvalue weighted by Crippen LogP contribution is 2.45. The molecule has 2 fully saturated rings. The lowest BCUT2D eigenvalue weighted by Gasteiger charge is -2.27. The van der Waals surface area contributed by atoms with Crippen LogP contribution >= 0.6 is 23.5 Å². The van der Waals surface area contributed by atoms with Gasteiger partial charge in [0.1, 0.15) is 10.7 Å². The van der Waals surface area contributed by atoms with Gasteiger partial charge in [-0.1, -0.05) is 24.3 Å². The Morgan fingerprint density at radius 3 is 1.22 bits per heavy atom. The number of rotatable bonds is 6. The molecule has 36 heavy (non-hydrogen) atoms. The first kappa shape index (κ1) is 24.6. The van der Waals surface area contributed by atoms with Gasteiger partial charge in [0.05, 0.1) is 11.5 Å². The van der Waals surface area contributed by atoms with Gasteiger partial charge >= 0.3 is 0 Å². The summed E-state index contributed by atoms with van der Waals surface area (Å²) >= 11 is 3.29. The summed E-state index contributed by atoms with van der Waals surface area (Å²) in [6, 6.07) is 24.6. The van der Waals surface area contributed by atoms with Crippen molar-refractivity contribution in [1.29, 1.82) is 0 Å². The first-order chi connectivity index (χ1) is 17.3. The molecular weight excluding hydrogens is 488 g/mol. The summed E-state index contributed by atoms with van der Waals surface area (Å²) in [4.78, 5) is 33.6. The Hall–Kier alpha value is -3.10. The summed E-state index contributed by atoms with van der Waals surface area (Å²) in [5, 5.41) is -0.127. The fraction of sp³-hybridized carbons (Fsp3) is 0.286. The first-order valence-electron chi connectivity index (χ1n) is 11.9. The number of hydrogen-bond acceptors (Lipinski definition) is 6. The molecule has 186 valence electrons. The second-order valence-electron chi connectivity index (χ2n) is 9.34. The van der Waals surface area contributed by atoms with Gasteiger partial charge in [-0.05, 0) is 59.7 Å². The molecule has 2 unspecified atom stereocenters. The van der Waals surface area contributed by atoms with Crippen LogP contribution in [0.1, 0.15) is 21.9 Å². The lowest BCUT2D eigenvalue weighted by atomic mass is 10.1. The Labute approximate surface area is 221 Å². The molecule has 6 nitrogen and oxygen atoms in total. The largest absolute Gasteiger partial charge is 0.378 e. The maximum absolute atomic E-state index is 12.9. The molecule has 3 aromatic carbocycles. The van der Waals surface area contributed by atoms with Crippen LogP contribution in [0.2, 0.25) is 0 Å². The summed E-state index contributed by atoms with van der Waals surface area (Å²) in [7, 11) is 8.07. The lowest BCUT2D eigenvalue weighted by Crippen LogP contribution is -2.29. The van der Waals surface area contributed by atoms with Crippen LogP contribution in [0.25, 0.3) is 0 Å². The molecule has 0 aromatic heterocycles. The van der Waals surface area contributed by atoms with Crippen LogP contribution < -0.4 is 19.6 Å². The molecule has 5 rings (SSSR count). The number of nitrogens with zero attached hydrogens (tertiary/aromatic N) is 4. The van der Waals surface area contributed by atoms with E-state index in [9.17, 15) is 9.59 Å². The van der Waals surface area contributed by atoms with Crippen LogP contribution in [0.15, 0.2) is 72.8 Å². The van der Waals surface area contributed by atoms with E-state index in [2.05, 4.69) is 58.3 Å². The normalized spacial score (nSPS) is 19.8. The van der Waals surface area contributed by atoms with Crippen LogP contribution in [0.4, 0.5) is 22.7 Å². The zero-order valence-corrected chi connectivity index (χ0v) is 22.6. The van der Waals surface area contributed by atoms with Gasteiger partial charge < -0.3 is 9.80 Å². The van der Waals surface area contributed by atoms with Crippen LogP contribution in [0, 0.1) is 0 Å². The predicted molar refractivity (Wildman–Crippen MR) is 153 cm³/mol. The second-order valence-corrected chi connectivity index (χ2v) is 11.5. The molecule has 0 radical (unpaired) electrons. The van der Waals surface area contributed by atoms with Crippen molar-refractivity contribution in [2.75, 3.05) is 59.3 Å². The van der Waals surface area contributed by atoms with Crippen LogP contribution in [-0.4, -0.2) is 51.5 Å². The number of hydrogen-bond donors (Lipinski definition) is 0. The molecule has 2 aliphatic rings. The number of anilines is 4. The average Bonchev–Trinajstić information content (AvgIpc) is 3.46. The molecule has 2 atom stereocenters.